The number of unbranched alkanes of at least 4 members (excludes halogenated alkanes) is 4. The second-order valence-electron chi connectivity index (χ2n) is 5.86. The molecule has 1 aliphatic carbocycles. The number of aliphatic hydroxyl groups is 1. The molecular weight excluding hydrogens is 196 g/mol. The van der Waals surface area contributed by atoms with Crippen LogP contribution in [0.25, 0.3) is 0 Å². The van der Waals surface area contributed by atoms with Crippen molar-refractivity contribution in [2.24, 2.45) is 5.92 Å². The fourth-order valence-corrected chi connectivity index (χ4v) is 3.02. The Balaban J connectivity index is 2.16. The van der Waals surface area contributed by atoms with Crippen LogP contribution in [-0.2, 0) is 0 Å². The maximum Gasteiger partial charge on any atom is 0.0647 e. The van der Waals surface area contributed by atoms with E-state index in [0.29, 0.717) is 5.92 Å². The first kappa shape index (κ1) is 14.0. The van der Waals surface area contributed by atoms with Gasteiger partial charge in [0.1, 0.15) is 0 Å². The summed E-state index contributed by atoms with van der Waals surface area (Å²) in [5, 5.41) is 10.5. The van der Waals surface area contributed by atoms with Crippen LogP contribution < -0.4 is 0 Å². The van der Waals surface area contributed by atoms with Gasteiger partial charge in [-0.05, 0) is 32.1 Å². The molecule has 0 heterocycles. The quantitative estimate of drug-likeness (QED) is 0.625. The third-order valence-electron chi connectivity index (χ3n) is 4.27. The van der Waals surface area contributed by atoms with Crippen LogP contribution in [0, 0.1) is 5.92 Å². The highest BCUT2D eigenvalue weighted by Crippen LogP contribution is 2.35. The van der Waals surface area contributed by atoms with Gasteiger partial charge < -0.3 is 5.11 Å². The highest BCUT2D eigenvalue weighted by molar-refractivity contribution is 4.84. The lowest BCUT2D eigenvalue weighted by Gasteiger charge is -2.35. The molecule has 1 nitrogen and oxygen atoms in total. The molecule has 1 aliphatic rings. The fourth-order valence-electron chi connectivity index (χ4n) is 3.02. The van der Waals surface area contributed by atoms with Crippen LogP contribution in [0.1, 0.15) is 84.5 Å². The Morgan fingerprint density at radius 1 is 1.00 bits per heavy atom. The molecule has 0 aromatic carbocycles. The summed E-state index contributed by atoms with van der Waals surface area (Å²) in [5.74, 6) is 0.576. The van der Waals surface area contributed by atoms with Gasteiger partial charge in [-0.15, -0.1) is 0 Å². The average molecular weight is 226 g/mol. The predicted molar refractivity (Wildman–Crippen MR) is 70.6 cm³/mol. The molecule has 96 valence electrons. The lowest BCUT2D eigenvalue weighted by Crippen LogP contribution is -2.35. The molecule has 1 atom stereocenters. The van der Waals surface area contributed by atoms with Crippen molar-refractivity contribution >= 4 is 0 Å². The van der Waals surface area contributed by atoms with Crippen molar-refractivity contribution in [1.29, 1.82) is 0 Å². The SMILES string of the molecule is CCCCCCCC(C)(O)C1CCCCC1. The first-order valence-electron chi connectivity index (χ1n) is 7.39. The number of hydrogen-bond donors (Lipinski definition) is 1. The van der Waals surface area contributed by atoms with Crippen molar-refractivity contribution in [2.45, 2.75) is 90.1 Å². The van der Waals surface area contributed by atoms with Gasteiger partial charge in [-0.3, -0.25) is 0 Å². The molecule has 0 radical (unpaired) electrons. The van der Waals surface area contributed by atoms with E-state index in [0.717, 1.165) is 6.42 Å². The first-order chi connectivity index (χ1) is 7.67. The molecule has 16 heavy (non-hydrogen) atoms. The molecule has 0 saturated heterocycles. The summed E-state index contributed by atoms with van der Waals surface area (Å²) in [5.41, 5.74) is -0.382. The molecular formula is C15H30O. The lowest BCUT2D eigenvalue weighted by molar-refractivity contribution is -0.0254. The van der Waals surface area contributed by atoms with Crippen molar-refractivity contribution in [3.8, 4) is 0 Å². The van der Waals surface area contributed by atoms with E-state index in [-0.39, 0.29) is 5.60 Å². The van der Waals surface area contributed by atoms with E-state index in [1.165, 1.54) is 64.2 Å². The van der Waals surface area contributed by atoms with E-state index in [1.807, 2.05) is 0 Å². The maximum absolute atomic E-state index is 10.5. The third-order valence-corrected chi connectivity index (χ3v) is 4.27. The van der Waals surface area contributed by atoms with Crippen LogP contribution >= 0.6 is 0 Å². The summed E-state index contributed by atoms with van der Waals surface area (Å²) >= 11 is 0. The average Bonchev–Trinajstić information content (AvgIpc) is 2.30. The number of rotatable bonds is 7. The Hall–Kier alpha value is -0.0400. The minimum atomic E-state index is -0.382. The van der Waals surface area contributed by atoms with Crippen LogP contribution in [-0.4, -0.2) is 10.7 Å². The highest BCUT2D eigenvalue weighted by Gasteiger charge is 2.31. The van der Waals surface area contributed by atoms with Crippen LogP contribution in [0.15, 0.2) is 0 Å². The van der Waals surface area contributed by atoms with E-state index in [2.05, 4.69) is 13.8 Å². The summed E-state index contributed by atoms with van der Waals surface area (Å²) in [4.78, 5) is 0. The topological polar surface area (TPSA) is 20.2 Å². The number of hydrogen-bond acceptors (Lipinski definition) is 1. The summed E-state index contributed by atoms with van der Waals surface area (Å²) in [6, 6.07) is 0. The fraction of sp³-hybridized carbons (Fsp3) is 1.00. The molecule has 0 aromatic rings. The van der Waals surface area contributed by atoms with Gasteiger partial charge in [0.25, 0.3) is 0 Å². The second-order valence-corrected chi connectivity index (χ2v) is 5.86. The minimum Gasteiger partial charge on any atom is -0.390 e. The molecule has 0 amide bonds. The van der Waals surface area contributed by atoms with Crippen LogP contribution in [0.3, 0.4) is 0 Å². The van der Waals surface area contributed by atoms with Gasteiger partial charge in [0.15, 0.2) is 0 Å². The zero-order valence-electron chi connectivity index (χ0n) is 11.3. The van der Waals surface area contributed by atoms with Crippen LogP contribution in [0.4, 0.5) is 0 Å². The monoisotopic (exact) mass is 226 g/mol. The smallest absolute Gasteiger partial charge is 0.0647 e. The van der Waals surface area contributed by atoms with Crippen molar-refractivity contribution in [3.05, 3.63) is 0 Å². The molecule has 1 unspecified atom stereocenters. The second kappa shape index (κ2) is 7.32. The Morgan fingerprint density at radius 2 is 1.62 bits per heavy atom. The van der Waals surface area contributed by atoms with Gasteiger partial charge in [0.2, 0.25) is 0 Å². The summed E-state index contributed by atoms with van der Waals surface area (Å²) in [6.45, 7) is 4.32. The molecule has 1 saturated carbocycles. The highest BCUT2D eigenvalue weighted by atomic mass is 16.3. The lowest BCUT2D eigenvalue weighted by atomic mass is 9.75. The minimum absolute atomic E-state index is 0.382. The Bertz CT molecular complexity index is 168. The molecule has 0 bridgehead atoms. The maximum atomic E-state index is 10.5. The van der Waals surface area contributed by atoms with Crippen molar-refractivity contribution in [3.63, 3.8) is 0 Å². The summed E-state index contributed by atoms with van der Waals surface area (Å²) in [6.07, 6.45) is 14.1. The van der Waals surface area contributed by atoms with Crippen LogP contribution in [0.5, 0.6) is 0 Å². The van der Waals surface area contributed by atoms with E-state index in [1.54, 1.807) is 0 Å². The van der Waals surface area contributed by atoms with Gasteiger partial charge >= 0.3 is 0 Å². The van der Waals surface area contributed by atoms with Gasteiger partial charge in [0, 0.05) is 0 Å². The van der Waals surface area contributed by atoms with Crippen molar-refractivity contribution < 1.29 is 5.11 Å². The molecule has 1 N–H and O–H groups in total. The zero-order chi connectivity index (χ0) is 11.9. The first-order valence-corrected chi connectivity index (χ1v) is 7.39. The van der Waals surface area contributed by atoms with Gasteiger partial charge in [0.05, 0.1) is 5.60 Å². The van der Waals surface area contributed by atoms with E-state index in [9.17, 15) is 5.11 Å². The zero-order valence-corrected chi connectivity index (χ0v) is 11.3. The van der Waals surface area contributed by atoms with E-state index >= 15 is 0 Å². The summed E-state index contributed by atoms with van der Waals surface area (Å²) < 4.78 is 0. The van der Waals surface area contributed by atoms with Crippen LogP contribution in [0.2, 0.25) is 0 Å². The molecule has 1 rings (SSSR count). The third kappa shape index (κ3) is 4.86. The Kier molecular flexibility index (Phi) is 6.41. The van der Waals surface area contributed by atoms with E-state index < -0.39 is 0 Å². The van der Waals surface area contributed by atoms with Gasteiger partial charge in [-0.2, -0.15) is 0 Å². The predicted octanol–water partition coefficient (Wildman–Crippen LogP) is 4.68. The molecule has 0 aliphatic heterocycles. The summed E-state index contributed by atoms with van der Waals surface area (Å²) in [7, 11) is 0. The Labute approximate surface area is 102 Å². The van der Waals surface area contributed by atoms with Crippen molar-refractivity contribution in [1.82, 2.24) is 0 Å². The molecule has 0 aromatic heterocycles. The molecule has 1 fully saturated rings. The Morgan fingerprint density at radius 3 is 2.25 bits per heavy atom. The van der Waals surface area contributed by atoms with Gasteiger partial charge in [-0.1, -0.05) is 58.3 Å². The van der Waals surface area contributed by atoms with E-state index in [4.69, 9.17) is 0 Å². The van der Waals surface area contributed by atoms with Crippen molar-refractivity contribution in [2.75, 3.05) is 0 Å². The largest absolute Gasteiger partial charge is 0.390 e. The molecule has 1 heteroatoms. The van der Waals surface area contributed by atoms with Gasteiger partial charge in [-0.25, -0.2) is 0 Å². The molecule has 0 spiro atoms. The normalized spacial score (nSPS) is 21.9. The standard InChI is InChI=1S/C15H30O/c1-3-4-5-6-10-13-15(2,16)14-11-8-7-9-12-14/h14,16H,3-13H2,1-2H3.